The molecule has 2 atom stereocenters. The van der Waals surface area contributed by atoms with Gasteiger partial charge in [-0.2, -0.15) is 0 Å². The molecule has 2 heterocycles. The Morgan fingerprint density at radius 3 is 3.15 bits per heavy atom. The zero-order valence-electron chi connectivity index (χ0n) is 11.9. The van der Waals surface area contributed by atoms with Gasteiger partial charge in [-0.05, 0) is 31.4 Å². The summed E-state index contributed by atoms with van der Waals surface area (Å²) in [5.41, 5.74) is 3.22. The van der Waals surface area contributed by atoms with Gasteiger partial charge in [-0.3, -0.25) is 4.90 Å². The van der Waals surface area contributed by atoms with Gasteiger partial charge in [-0.25, -0.2) is 10.8 Å². The van der Waals surface area contributed by atoms with E-state index in [1.54, 1.807) is 0 Å². The van der Waals surface area contributed by atoms with E-state index in [0.29, 0.717) is 11.7 Å². The molecule has 5 nitrogen and oxygen atoms in total. The van der Waals surface area contributed by atoms with Gasteiger partial charge in [0.2, 0.25) is 0 Å². The van der Waals surface area contributed by atoms with Crippen molar-refractivity contribution in [3.8, 4) is 0 Å². The Kier molecular flexibility index (Phi) is 3.92. The lowest BCUT2D eigenvalue weighted by Gasteiger charge is -2.47. The number of hydrogen-bond acceptors (Lipinski definition) is 5. The number of aliphatic hydroxyl groups is 1. The monoisotopic (exact) mass is 276 g/mol. The Morgan fingerprint density at radius 2 is 2.30 bits per heavy atom. The van der Waals surface area contributed by atoms with Crippen LogP contribution < -0.4 is 11.3 Å². The van der Waals surface area contributed by atoms with Crippen LogP contribution in [0.3, 0.4) is 0 Å². The number of anilines is 1. The Balaban J connectivity index is 1.64. The summed E-state index contributed by atoms with van der Waals surface area (Å²) in [6.07, 6.45) is 5.47. The molecule has 2 fully saturated rings. The zero-order chi connectivity index (χ0) is 14.0. The number of nitrogens with zero attached hydrogens (tertiary/aromatic N) is 2. The van der Waals surface area contributed by atoms with Crippen molar-refractivity contribution in [3.63, 3.8) is 0 Å². The van der Waals surface area contributed by atoms with Crippen molar-refractivity contribution < 1.29 is 5.11 Å². The average Bonchev–Trinajstić information content (AvgIpc) is 2.48. The quantitative estimate of drug-likeness (QED) is 0.576. The number of nitrogens with two attached hydrogens (primary N) is 1. The highest BCUT2D eigenvalue weighted by atomic mass is 16.3. The summed E-state index contributed by atoms with van der Waals surface area (Å²) >= 11 is 0. The molecule has 0 bridgehead atoms. The third-order valence-electron chi connectivity index (χ3n) is 4.85. The Bertz CT molecular complexity index is 467. The highest BCUT2D eigenvalue weighted by Crippen LogP contribution is 2.39. The van der Waals surface area contributed by atoms with Crippen LogP contribution in [0.4, 0.5) is 5.82 Å². The maximum atomic E-state index is 10.7. The first-order valence-corrected chi connectivity index (χ1v) is 7.57. The van der Waals surface area contributed by atoms with E-state index >= 15 is 0 Å². The minimum atomic E-state index is -0.400. The van der Waals surface area contributed by atoms with Crippen molar-refractivity contribution in [2.45, 2.75) is 44.2 Å². The molecule has 0 spiro atoms. The molecule has 2 unspecified atom stereocenters. The third-order valence-corrected chi connectivity index (χ3v) is 4.85. The summed E-state index contributed by atoms with van der Waals surface area (Å²) in [7, 11) is 0. The third kappa shape index (κ3) is 2.80. The number of nitrogens with one attached hydrogen (secondary N) is 1. The Labute approximate surface area is 120 Å². The molecule has 0 amide bonds. The highest BCUT2D eigenvalue weighted by Gasteiger charge is 2.42. The maximum absolute atomic E-state index is 10.7. The largest absolute Gasteiger partial charge is 0.390 e. The lowest BCUT2D eigenvalue weighted by molar-refractivity contribution is -0.0969. The van der Waals surface area contributed by atoms with Crippen LogP contribution in [0.25, 0.3) is 0 Å². The predicted octanol–water partition coefficient (Wildman–Crippen LogP) is 1.49. The minimum absolute atomic E-state index is 0.400. The number of pyridine rings is 1. The zero-order valence-corrected chi connectivity index (χ0v) is 11.9. The van der Waals surface area contributed by atoms with E-state index < -0.39 is 5.60 Å². The summed E-state index contributed by atoms with van der Waals surface area (Å²) in [5.74, 6) is 6.53. The van der Waals surface area contributed by atoms with Crippen LogP contribution in [-0.4, -0.2) is 33.7 Å². The molecule has 1 aromatic heterocycles. The number of hydrogen-bond donors (Lipinski definition) is 3. The Morgan fingerprint density at radius 1 is 1.40 bits per heavy atom. The van der Waals surface area contributed by atoms with Gasteiger partial charge in [-0.15, -0.1) is 0 Å². The van der Waals surface area contributed by atoms with Crippen LogP contribution in [0.2, 0.25) is 0 Å². The van der Waals surface area contributed by atoms with Crippen LogP contribution >= 0.6 is 0 Å². The van der Waals surface area contributed by atoms with Gasteiger partial charge in [0.25, 0.3) is 0 Å². The summed E-state index contributed by atoms with van der Waals surface area (Å²) in [5, 5.41) is 10.7. The number of aromatic nitrogens is 1. The fraction of sp³-hybridized carbons (Fsp3) is 0.667. The Hall–Kier alpha value is -1.17. The molecular formula is C15H24N4O. The van der Waals surface area contributed by atoms with Crippen molar-refractivity contribution in [2.75, 3.05) is 18.5 Å². The molecule has 0 aromatic carbocycles. The fourth-order valence-corrected chi connectivity index (χ4v) is 3.66. The van der Waals surface area contributed by atoms with Gasteiger partial charge in [0, 0.05) is 25.6 Å². The number of hydrazine groups is 1. The molecule has 20 heavy (non-hydrogen) atoms. The second-order valence-corrected chi connectivity index (χ2v) is 6.19. The summed E-state index contributed by atoms with van der Waals surface area (Å²) in [4.78, 5) is 6.88. The molecule has 110 valence electrons. The fourth-order valence-electron chi connectivity index (χ4n) is 3.66. The number of nitrogen functional groups attached to an aromatic ring is 1. The van der Waals surface area contributed by atoms with E-state index in [0.717, 1.165) is 44.6 Å². The lowest BCUT2D eigenvalue weighted by Crippen LogP contribution is -2.53. The smallest absolute Gasteiger partial charge is 0.140 e. The normalized spacial score (nSPS) is 30.8. The molecule has 0 radical (unpaired) electrons. The standard InChI is InChI=1S/C15H24N4O/c16-18-14-6-3-5-13(17-14)11-19-9-8-15(20)7-2-1-4-12(15)10-19/h3,5-6,12,20H,1-2,4,7-11,16H2,(H,17,18). The summed E-state index contributed by atoms with van der Waals surface area (Å²) in [6, 6.07) is 5.86. The molecule has 5 heteroatoms. The summed E-state index contributed by atoms with van der Waals surface area (Å²) in [6.45, 7) is 2.77. The van der Waals surface area contributed by atoms with Crippen molar-refractivity contribution >= 4 is 5.82 Å². The number of fused-ring (bicyclic) bond motifs is 1. The molecule has 3 rings (SSSR count). The van der Waals surface area contributed by atoms with Crippen LogP contribution in [0.15, 0.2) is 18.2 Å². The molecule has 4 N–H and O–H groups in total. The first-order valence-electron chi connectivity index (χ1n) is 7.57. The SMILES string of the molecule is NNc1cccc(CN2CCC3(O)CCCCC3C2)n1. The van der Waals surface area contributed by atoms with E-state index in [1.807, 2.05) is 18.2 Å². The minimum Gasteiger partial charge on any atom is -0.390 e. The second-order valence-electron chi connectivity index (χ2n) is 6.19. The van der Waals surface area contributed by atoms with Crippen LogP contribution in [0, 0.1) is 5.92 Å². The van der Waals surface area contributed by atoms with Crippen molar-refractivity contribution in [1.29, 1.82) is 0 Å². The van der Waals surface area contributed by atoms with Crippen LogP contribution in [0.5, 0.6) is 0 Å². The lowest BCUT2D eigenvalue weighted by atomic mass is 9.71. The molecular weight excluding hydrogens is 252 g/mol. The molecule has 1 aromatic rings. The second kappa shape index (κ2) is 5.68. The summed E-state index contributed by atoms with van der Waals surface area (Å²) < 4.78 is 0. The first-order chi connectivity index (χ1) is 9.69. The van der Waals surface area contributed by atoms with E-state index in [2.05, 4.69) is 15.3 Å². The maximum Gasteiger partial charge on any atom is 0.140 e. The van der Waals surface area contributed by atoms with Crippen molar-refractivity contribution in [2.24, 2.45) is 11.8 Å². The topological polar surface area (TPSA) is 74.4 Å². The molecule has 1 saturated carbocycles. The number of likely N-dealkylation sites (tertiary alicyclic amines) is 1. The van der Waals surface area contributed by atoms with Gasteiger partial charge in [-0.1, -0.05) is 18.9 Å². The van der Waals surface area contributed by atoms with E-state index in [-0.39, 0.29) is 0 Å². The predicted molar refractivity (Wildman–Crippen MR) is 78.8 cm³/mol. The number of rotatable bonds is 3. The van der Waals surface area contributed by atoms with Gasteiger partial charge in [0.1, 0.15) is 5.82 Å². The molecule has 2 aliphatic rings. The molecule has 1 aliphatic carbocycles. The van der Waals surface area contributed by atoms with Crippen molar-refractivity contribution in [1.82, 2.24) is 9.88 Å². The van der Waals surface area contributed by atoms with Crippen molar-refractivity contribution in [3.05, 3.63) is 23.9 Å². The van der Waals surface area contributed by atoms with Gasteiger partial charge >= 0.3 is 0 Å². The van der Waals surface area contributed by atoms with E-state index in [9.17, 15) is 5.11 Å². The highest BCUT2D eigenvalue weighted by molar-refractivity contribution is 5.33. The van der Waals surface area contributed by atoms with E-state index in [1.165, 1.54) is 12.8 Å². The van der Waals surface area contributed by atoms with Gasteiger partial charge in [0.15, 0.2) is 0 Å². The van der Waals surface area contributed by atoms with Gasteiger partial charge in [0.05, 0.1) is 11.3 Å². The molecule has 1 aliphatic heterocycles. The van der Waals surface area contributed by atoms with Crippen LogP contribution in [0.1, 0.15) is 37.8 Å². The van der Waals surface area contributed by atoms with E-state index in [4.69, 9.17) is 5.84 Å². The average molecular weight is 276 g/mol. The first kappa shape index (κ1) is 13.8. The van der Waals surface area contributed by atoms with Gasteiger partial charge < -0.3 is 10.5 Å². The van der Waals surface area contributed by atoms with Crippen LogP contribution in [-0.2, 0) is 6.54 Å². The molecule has 1 saturated heterocycles. The number of piperidine rings is 1.